The third kappa shape index (κ3) is 3.88. The van der Waals surface area contributed by atoms with E-state index in [1.54, 1.807) is 0 Å². The van der Waals surface area contributed by atoms with Crippen molar-refractivity contribution in [1.29, 1.82) is 0 Å². The predicted octanol–water partition coefficient (Wildman–Crippen LogP) is 2.79. The predicted molar refractivity (Wildman–Crippen MR) is 83.2 cm³/mol. The van der Waals surface area contributed by atoms with Gasteiger partial charge in [-0.05, 0) is 29.5 Å². The van der Waals surface area contributed by atoms with Crippen molar-refractivity contribution in [1.82, 2.24) is 5.48 Å². The second kappa shape index (κ2) is 6.96. The van der Waals surface area contributed by atoms with Crippen molar-refractivity contribution in [2.75, 3.05) is 0 Å². The molecular weight excluding hydrogens is 294 g/mol. The van der Waals surface area contributed by atoms with E-state index in [9.17, 15) is 9.59 Å². The minimum Gasteiger partial charge on any atom is -0.443 e. The van der Waals surface area contributed by atoms with Crippen LogP contribution in [0.1, 0.15) is 16.7 Å². The van der Waals surface area contributed by atoms with E-state index in [1.807, 2.05) is 60.1 Å². The summed E-state index contributed by atoms with van der Waals surface area (Å²) in [7, 11) is 0. The Morgan fingerprint density at radius 2 is 1.57 bits per heavy atom. The summed E-state index contributed by atoms with van der Waals surface area (Å²) in [4.78, 5) is 28.4. The van der Waals surface area contributed by atoms with Gasteiger partial charge in [-0.3, -0.25) is 0 Å². The molecule has 1 amide bonds. The number of nitrogens with one attached hydrogen (secondary N) is 1. The molecule has 5 heteroatoms. The fourth-order valence-electron chi connectivity index (χ4n) is 2.65. The van der Waals surface area contributed by atoms with Gasteiger partial charge >= 0.3 is 12.1 Å². The SMILES string of the molecule is O=C(NOC(=O)C1Cc2ccccc2C1)OCc1ccccc1. The number of carbonyl (C=O) groups excluding carboxylic acids is 2. The van der Waals surface area contributed by atoms with E-state index in [1.165, 1.54) is 0 Å². The van der Waals surface area contributed by atoms with Gasteiger partial charge in [-0.2, -0.15) is 0 Å². The van der Waals surface area contributed by atoms with Crippen LogP contribution in [0.4, 0.5) is 4.79 Å². The highest BCUT2D eigenvalue weighted by Crippen LogP contribution is 2.26. The molecule has 0 radical (unpaired) electrons. The molecule has 1 aliphatic carbocycles. The molecule has 0 spiro atoms. The molecule has 5 nitrogen and oxygen atoms in total. The van der Waals surface area contributed by atoms with Crippen molar-refractivity contribution in [3.8, 4) is 0 Å². The Kier molecular flexibility index (Phi) is 4.57. The Morgan fingerprint density at radius 3 is 2.22 bits per heavy atom. The first-order valence-electron chi connectivity index (χ1n) is 7.46. The number of hydrogen-bond acceptors (Lipinski definition) is 4. The smallest absolute Gasteiger partial charge is 0.441 e. The highest BCUT2D eigenvalue weighted by atomic mass is 16.7. The summed E-state index contributed by atoms with van der Waals surface area (Å²) in [6.45, 7) is 0.124. The van der Waals surface area contributed by atoms with Gasteiger partial charge in [0.05, 0.1) is 5.92 Å². The van der Waals surface area contributed by atoms with Crippen LogP contribution in [0, 0.1) is 5.92 Å². The molecule has 3 rings (SSSR count). The minimum absolute atomic E-state index is 0.124. The molecule has 0 bridgehead atoms. The number of rotatable bonds is 3. The molecule has 118 valence electrons. The molecule has 0 atom stereocenters. The minimum atomic E-state index is -0.780. The number of amides is 1. The summed E-state index contributed by atoms with van der Waals surface area (Å²) in [6.07, 6.45) is 0.489. The lowest BCUT2D eigenvalue weighted by Crippen LogP contribution is -2.31. The number of ether oxygens (including phenoxy) is 1. The van der Waals surface area contributed by atoms with Crippen LogP contribution in [-0.4, -0.2) is 12.1 Å². The molecule has 1 N–H and O–H groups in total. The summed E-state index contributed by atoms with van der Waals surface area (Å²) in [5.74, 6) is -0.709. The maximum absolute atomic E-state index is 12.0. The molecular formula is C18H17NO4. The molecule has 23 heavy (non-hydrogen) atoms. The first kappa shape index (κ1) is 15.1. The lowest BCUT2D eigenvalue weighted by molar-refractivity contribution is -0.154. The normalized spacial score (nSPS) is 13.2. The average molecular weight is 311 g/mol. The van der Waals surface area contributed by atoms with Crippen LogP contribution in [0.3, 0.4) is 0 Å². The molecule has 0 unspecified atom stereocenters. The van der Waals surface area contributed by atoms with Gasteiger partial charge in [0.25, 0.3) is 0 Å². The standard InChI is InChI=1S/C18H17NO4/c20-17(16-10-14-8-4-5-9-15(14)11-16)23-19-18(21)22-12-13-6-2-1-3-7-13/h1-9,16H,10-12H2,(H,19,21). The van der Waals surface area contributed by atoms with Gasteiger partial charge in [-0.25, -0.2) is 9.59 Å². The first-order valence-corrected chi connectivity index (χ1v) is 7.46. The van der Waals surface area contributed by atoms with Gasteiger partial charge in [0.1, 0.15) is 6.61 Å². The largest absolute Gasteiger partial charge is 0.443 e. The summed E-state index contributed by atoms with van der Waals surface area (Å²) in [6, 6.07) is 17.2. The van der Waals surface area contributed by atoms with Crippen molar-refractivity contribution >= 4 is 12.1 Å². The number of carbonyl (C=O) groups is 2. The fraction of sp³-hybridized carbons (Fsp3) is 0.222. The number of benzene rings is 2. The highest BCUT2D eigenvalue weighted by Gasteiger charge is 2.29. The molecule has 0 saturated carbocycles. The van der Waals surface area contributed by atoms with Crippen LogP contribution < -0.4 is 5.48 Å². The Labute approximate surface area is 134 Å². The summed E-state index contributed by atoms with van der Waals surface area (Å²) in [5.41, 5.74) is 5.21. The fourth-order valence-corrected chi connectivity index (χ4v) is 2.65. The van der Waals surface area contributed by atoms with Crippen molar-refractivity contribution in [2.45, 2.75) is 19.4 Å². The van der Waals surface area contributed by atoms with Gasteiger partial charge in [0.2, 0.25) is 0 Å². The molecule has 0 aromatic heterocycles. The summed E-state index contributed by atoms with van der Waals surface area (Å²) < 4.78 is 4.98. The van der Waals surface area contributed by atoms with Gasteiger partial charge < -0.3 is 9.57 Å². The zero-order valence-electron chi connectivity index (χ0n) is 12.5. The second-order valence-electron chi connectivity index (χ2n) is 5.46. The molecule has 2 aromatic rings. The molecule has 0 fully saturated rings. The van der Waals surface area contributed by atoms with Gasteiger partial charge in [-0.15, -0.1) is 5.48 Å². The monoisotopic (exact) mass is 311 g/mol. The van der Waals surface area contributed by atoms with Gasteiger partial charge in [0.15, 0.2) is 0 Å². The van der Waals surface area contributed by atoms with Crippen molar-refractivity contribution < 1.29 is 19.2 Å². The van der Waals surface area contributed by atoms with Crippen LogP contribution >= 0.6 is 0 Å². The first-order chi connectivity index (χ1) is 11.2. The van der Waals surface area contributed by atoms with E-state index in [4.69, 9.17) is 9.57 Å². The average Bonchev–Trinajstić information content (AvgIpc) is 3.03. The van der Waals surface area contributed by atoms with Crippen LogP contribution in [0.2, 0.25) is 0 Å². The topological polar surface area (TPSA) is 64.6 Å². The number of hydrogen-bond donors (Lipinski definition) is 1. The van der Waals surface area contributed by atoms with Crippen LogP contribution in [0.5, 0.6) is 0 Å². The van der Waals surface area contributed by atoms with E-state index in [2.05, 4.69) is 0 Å². The lowest BCUT2D eigenvalue weighted by atomic mass is 10.1. The Hall–Kier alpha value is -2.82. The molecule has 0 saturated heterocycles. The number of hydroxylamine groups is 1. The third-order valence-corrected chi connectivity index (χ3v) is 3.83. The lowest BCUT2D eigenvalue weighted by Gasteiger charge is -2.10. The molecule has 0 heterocycles. The third-order valence-electron chi connectivity index (χ3n) is 3.83. The van der Waals surface area contributed by atoms with E-state index in [-0.39, 0.29) is 12.5 Å². The van der Waals surface area contributed by atoms with Crippen molar-refractivity contribution in [3.63, 3.8) is 0 Å². The zero-order chi connectivity index (χ0) is 16.1. The number of fused-ring (bicyclic) bond motifs is 1. The Bertz CT molecular complexity index is 674. The molecule has 2 aromatic carbocycles. The maximum Gasteiger partial charge on any atom is 0.441 e. The zero-order valence-corrected chi connectivity index (χ0v) is 12.5. The second-order valence-corrected chi connectivity index (χ2v) is 5.46. The van der Waals surface area contributed by atoms with Crippen molar-refractivity contribution in [2.24, 2.45) is 5.92 Å². The van der Waals surface area contributed by atoms with E-state index in [0.717, 1.165) is 16.7 Å². The van der Waals surface area contributed by atoms with E-state index in [0.29, 0.717) is 12.8 Å². The summed E-state index contributed by atoms with van der Waals surface area (Å²) in [5, 5.41) is 0. The maximum atomic E-state index is 12.0. The van der Waals surface area contributed by atoms with Gasteiger partial charge in [-0.1, -0.05) is 54.6 Å². The van der Waals surface area contributed by atoms with E-state index >= 15 is 0 Å². The van der Waals surface area contributed by atoms with Crippen LogP contribution in [0.15, 0.2) is 54.6 Å². The van der Waals surface area contributed by atoms with Crippen molar-refractivity contribution in [3.05, 3.63) is 71.3 Å². The Morgan fingerprint density at radius 1 is 0.957 bits per heavy atom. The van der Waals surface area contributed by atoms with E-state index < -0.39 is 12.1 Å². The summed E-state index contributed by atoms with van der Waals surface area (Å²) >= 11 is 0. The molecule has 1 aliphatic rings. The Balaban J connectivity index is 1.42. The van der Waals surface area contributed by atoms with Gasteiger partial charge in [0, 0.05) is 0 Å². The van der Waals surface area contributed by atoms with Crippen LogP contribution in [-0.2, 0) is 33.8 Å². The highest BCUT2D eigenvalue weighted by molar-refractivity contribution is 5.76. The quantitative estimate of drug-likeness (QED) is 0.885. The molecule has 0 aliphatic heterocycles. The van der Waals surface area contributed by atoms with Crippen LogP contribution in [0.25, 0.3) is 0 Å².